The summed E-state index contributed by atoms with van der Waals surface area (Å²) in [4.78, 5) is 2.28. The lowest BCUT2D eigenvalue weighted by Crippen LogP contribution is -2.50. The molecule has 0 saturated carbocycles. The van der Waals surface area contributed by atoms with Crippen molar-refractivity contribution in [2.24, 2.45) is 0 Å². The fourth-order valence-corrected chi connectivity index (χ4v) is 2.70. The molecule has 0 aromatic heterocycles. The Morgan fingerprint density at radius 2 is 1.94 bits per heavy atom. The minimum Gasteiger partial charge on any atom is -0.387 e. The number of halogens is 1. The Bertz CT molecular complexity index is 389. The first-order chi connectivity index (χ1) is 8.59. The summed E-state index contributed by atoms with van der Waals surface area (Å²) in [6.45, 7) is 6.28. The van der Waals surface area contributed by atoms with E-state index >= 15 is 0 Å². The number of β-amino-alcohol motifs (C(OH)–C–C–N with tert-alkyl or cyclic N) is 1. The molecule has 0 radical (unpaired) electrons. The molecule has 1 N–H and O–H groups in total. The van der Waals surface area contributed by atoms with Gasteiger partial charge in [-0.2, -0.15) is 0 Å². The summed E-state index contributed by atoms with van der Waals surface area (Å²) in [7, 11) is 0. The summed E-state index contributed by atoms with van der Waals surface area (Å²) >= 11 is 6.11. The fraction of sp³-hybridized carbons (Fsp3) is 0.571. The lowest BCUT2D eigenvalue weighted by molar-refractivity contribution is -0.0537. The summed E-state index contributed by atoms with van der Waals surface area (Å²) < 4.78 is 5.49. The molecule has 1 aromatic rings. The molecular weight excluding hydrogens is 250 g/mol. The fourth-order valence-electron chi connectivity index (χ4n) is 2.44. The van der Waals surface area contributed by atoms with Crippen LogP contribution in [-0.2, 0) is 4.74 Å². The molecule has 4 heteroatoms. The number of hydrogen-bond donors (Lipinski definition) is 1. The number of aliphatic hydroxyl groups excluding tert-OH is 1. The molecule has 0 spiro atoms. The van der Waals surface area contributed by atoms with Gasteiger partial charge < -0.3 is 9.84 Å². The van der Waals surface area contributed by atoms with Gasteiger partial charge in [0.15, 0.2) is 0 Å². The molecular formula is C14H20ClNO2. The van der Waals surface area contributed by atoms with Gasteiger partial charge in [-0.25, -0.2) is 0 Å². The molecule has 100 valence electrons. The monoisotopic (exact) mass is 269 g/mol. The van der Waals surface area contributed by atoms with Gasteiger partial charge in [0.1, 0.15) is 0 Å². The van der Waals surface area contributed by atoms with E-state index in [0.717, 1.165) is 18.8 Å². The van der Waals surface area contributed by atoms with Crippen molar-refractivity contribution in [3.8, 4) is 0 Å². The van der Waals surface area contributed by atoms with Gasteiger partial charge in [0.25, 0.3) is 0 Å². The topological polar surface area (TPSA) is 32.7 Å². The van der Waals surface area contributed by atoms with Gasteiger partial charge >= 0.3 is 0 Å². The summed E-state index contributed by atoms with van der Waals surface area (Å²) in [5, 5.41) is 10.9. The van der Waals surface area contributed by atoms with Crippen LogP contribution in [0.1, 0.15) is 25.5 Å². The molecule has 1 saturated heterocycles. The van der Waals surface area contributed by atoms with Crippen LogP contribution < -0.4 is 0 Å². The first-order valence-electron chi connectivity index (χ1n) is 6.35. The minimum absolute atomic E-state index is 0.325. The molecule has 0 amide bonds. The van der Waals surface area contributed by atoms with Gasteiger partial charge in [-0.15, -0.1) is 0 Å². The third-order valence-electron chi connectivity index (χ3n) is 3.50. The highest BCUT2D eigenvalue weighted by Gasteiger charge is 2.27. The normalized spacial score (nSPS) is 27.1. The van der Waals surface area contributed by atoms with E-state index in [1.54, 1.807) is 0 Å². The average Bonchev–Trinajstić information content (AvgIpc) is 2.34. The van der Waals surface area contributed by atoms with E-state index < -0.39 is 6.10 Å². The first kappa shape index (κ1) is 13.8. The van der Waals surface area contributed by atoms with E-state index in [1.807, 2.05) is 24.3 Å². The van der Waals surface area contributed by atoms with Crippen LogP contribution in [0.25, 0.3) is 0 Å². The van der Waals surface area contributed by atoms with E-state index in [9.17, 15) is 5.11 Å². The predicted molar refractivity (Wildman–Crippen MR) is 72.9 cm³/mol. The van der Waals surface area contributed by atoms with Crippen LogP contribution in [0, 0.1) is 0 Å². The molecule has 1 fully saturated rings. The molecule has 18 heavy (non-hydrogen) atoms. The Balaban J connectivity index is 2.06. The number of aliphatic hydroxyl groups is 1. The van der Waals surface area contributed by atoms with Crippen molar-refractivity contribution in [1.82, 2.24) is 4.90 Å². The molecule has 0 aliphatic carbocycles. The van der Waals surface area contributed by atoms with Gasteiger partial charge in [-0.1, -0.05) is 29.8 Å². The van der Waals surface area contributed by atoms with Gasteiger partial charge in [0.2, 0.25) is 0 Å². The molecule has 1 aromatic carbocycles. The number of morpholine rings is 1. The SMILES string of the molecule is CC1COCC(C)N1CC(O)c1ccccc1Cl. The highest BCUT2D eigenvalue weighted by atomic mass is 35.5. The van der Waals surface area contributed by atoms with Crippen molar-refractivity contribution in [2.75, 3.05) is 19.8 Å². The quantitative estimate of drug-likeness (QED) is 0.915. The lowest BCUT2D eigenvalue weighted by Gasteiger charge is -2.39. The summed E-state index contributed by atoms with van der Waals surface area (Å²) in [5.41, 5.74) is 0.796. The molecule has 3 atom stereocenters. The Hall–Kier alpha value is -0.610. The molecule has 0 bridgehead atoms. The van der Waals surface area contributed by atoms with Crippen LogP contribution in [0.15, 0.2) is 24.3 Å². The van der Waals surface area contributed by atoms with Crippen LogP contribution in [-0.4, -0.2) is 41.8 Å². The number of hydrogen-bond acceptors (Lipinski definition) is 3. The maximum atomic E-state index is 10.3. The Morgan fingerprint density at radius 3 is 2.56 bits per heavy atom. The molecule has 3 nitrogen and oxygen atoms in total. The van der Waals surface area contributed by atoms with Crippen LogP contribution in [0.4, 0.5) is 0 Å². The molecule has 1 heterocycles. The minimum atomic E-state index is -0.554. The number of benzene rings is 1. The van der Waals surface area contributed by atoms with Gasteiger partial charge in [0, 0.05) is 29.2 Å². The van der Waals surface area contributed by atoms with E-state index in [2.05, 4.69) is 18.7 Å². The van der Waals surface area contributed by atoms with Gasteiger partial charge in [0.05, 0.1) is 19.3 Å². The van der Waals surface area contributed by atoms with Crippen molar-refractivity contribution >= 4 is 11.6 Å². The first-order valence-corrected chi connectivity index (χ1v) is 6.73. The standard InChI is InChI=1S/C14H20ClNO2/c1-10-8-18-9-11(2)16(10)7-14(17)12-5-3-4-6-13(12)15/h3-6,10-11,14,17H,7-9H2,1-2H3. The van der Waals surface area contributed by atoms with Crippen molar-refractivity contribution in [1.29, 1.82) is 0 Å². The molecule has 2 rings (SSSR count). The third kappa shape index (κ3) is 3.04. The van der Waals surface area contributed by atoms with E-state index in [0.29, 0.717) is 23.7 Å². The van der Waals surface area contributed by atoms with Crippen molar-refractivity contribution < 1.29 is 9.84 Å². The van der Waals surface area contributed by atoms with Crippen molar-refractivity contribution in [3.05, 3.63) is 34.9 Å². The number of rotatable bonds is 3. The van der Waals surface area contributed by atoms with Crippen LogP contribution in [0.2, 0.25) is 5.02 Å². The molecule has 3 unspecified atom stereocenters. The smallest absolute Gasteiger partial charge is 0.0931 e. The van der Waals surface area contributed by atoms with Crippen molar-refractivity contribution in [3.63, 3.8) is 0 Å². The predicted octanol–water partition coefficient (Wildman–Crippen LogP) is 2.48. The van der Waals surface area contributed by atoms with Crippen molar-refractivity contribution in [2.45, 2.75) is 32.0 Å². The maximum absolute atomic E-state index is 10.3. The van der Waals surface area contributed by atoms with Crippen LogP contribution in [0.5, 0.6) is 0 Å². The second-order valence-electron chi connectivity index (χ2n) is 4.97. The highest BCUT2D eigenvalue weighted by molar-refractivity contribution is 6.31. The second-order valence-corrected chi connectivity index (χ2v) is 5.38. The average molecular weight is 270 g/mol. The largest absolute Gasteiger partial charge is 0.387 e. The zero-order chi connectivity index (χ0) is 13.1. The van der Waals surface area contributed by atoms with Crippen LogP contribution in [0.3, 0.4) is 0 Å². The lowest BCUT2D eigenvalue weighted by atomic mass is 10.1. The number of ether oxygens (including phenoxy) is 1. The Morgan fingerprint density at radius 1 is 1.33 bits per heavy atom. The number of nitrogens with zero attached hydrogens (tertiary/aromatic N) is 1. The van der Waals surface area contributed by atoms with E-state index in [1.165, 1.54) is 0 Å². The van der Waals surface area contributed by atoms with Gasteiger partial charge in [-0.3, -0.25) is 4.90 Å². The zero-order valence-electron chi connectivity index (χ0n) is 10.8. The molecule has 1 aliphatic heterocycles. The third-order valence-corrected chi connectivity index (χ3v) is 3.84. The second kappa shape index (κ2) is 6.02. The highest BCUT2D eigenvalue weighted by Crippen LogP contribution is 2.25. The van der Waals surface area contributed by atoms with E-state index in [-0.39, 0.29) is 0 Å². The maximum Gasteiger partial charge on any atom is 0.0931 e. The Labute approximate surface area is 113 Å². The summed E-state index contributed by atoms with van der Waals surface area (Å²) in [6.07, 6.45) is -0.554. The Kier molecular flexibility index (Phi) is 4.62. The summed E-state index contributed by atoms with van der Waals surface area (Å²) in [5.74, 6) is 0. The van der Waals surface area contributed by atoms with Crippen LogP contribution >= 0.6 is 11.6 Å². The zero-order valence-corrected chi connectivity index (χ0v) is 11.6. The molecule has 1 aliphatic rings. The summed E-state index contributed by atoms with van der Waals surface area (Å²) in [6, 6.07) is 8.11. The van der Waals surface area contributed by atoms with E-state index in [4.69, 9.17) is 16.3 Å². The van der Waals surface area contributed by atoms with Gasteiger partial charge in [-0.05, 0) is 19.9 Å².